The van der Waals surface area contributed by atoms with Gasteiger partial charge in [-0.1, -0.05) is 65.5 Å². The fourth-order valence-corrected chi connectivity index (χ4v) is 10.1. The Bertz CT molecular complexity index is 872. The van der Waals surface area contributed by atoms with Crippen molar-refractivity contribution in [2.24, 2.45) is 46.3 Å². The monoisotopic (exact) mass is 548 g/mol. The first-order valence-electron chi connectivity index (χ1n) is 16.1. The molecule has 0 aromatic heterocycles. The first-order chi connectivity index (χ1) is 18.5. The summed E-state index contributed by atoms with van der Waals surface area (Å²) in [5, 5.41) is 40.3. The number of allylic oxidation sites excluding steroid dienone is 1. The highest BCUT2D eigenvalue weighted by Gasteiger charge is 2.59. The van der Waals surface area contributed by atoms with Crippen molar-refractivity contribution in [2.45, 2.75) is 142 Å². The number of ether oxygens (including phenoxy) is 2. The molecule has 6 nitrogen and oxygen atoms in total. The van der Waals surface area contributed by atoms with Crippen LogP contribution in [0.25, 0.3) is 0 Å². The van der Waals surface area contributed by atoms with Crippen LogP contribution >= 0.6 is 0 Å². The van der Waals surface area contributed by atoms with Gasteiger partial charge in [-0.25, -0.2) is 0 Å². The summed E-state index contributed by atoms with van der Waals surface area (Å²) in [4.78, 5) is 0. The Balaban J connectivity index is 1.24. The maximum Gasteiger partial charge on any atom is 0.186 e. The molecule has 224 valence electrons. The van der Waals surface area contributed by atoms with Crippen molar-refractivity contribution in [1.82, 2.24) is 0 Å². The summed E-state index contributed by atoms with van der Waals surface area (Å²) in [5.41, 5.74) is 2.20. The first kappa shape index (κ1) is 30.0. The smallest absolute Gasteiger partial charge is 0.186 e. The molecule has 13 atom stereocenters. The summed E-state index contributed by atoms with van der Waals surface area (Å²) in [6.07, 6.45) is 9.98. The van der Waals surface area contributed by atoms with Crippen LogP contribution in [-0.4, -0.2) is 63.8 Å². The van der Waals surface area contributed by atoms with E-state index in [2.05, 4.69) is 40.7 Å². The lowest BCUT2D eigenvalue weighted by Gasteiger charge is -2.58. The number of hydrogen-bond donors (Lipinski definition) is 4. The molecule has 0 unspecified atom stereocenters. The Morgan fingerprint density at radius 1 is 0.949 bits per heavy atom. The number of fused-ring (bicyclic) bond motifs is 5. The molecule has 0 spiro atoms. The first-order valence-corrected chi connectivity index (χ1v) is 16.1. The van der Waals surface area contributed by atoms with Crippen molar-refractivity contribution in [3.63, 3.8) is 0 Å². The Morgan fingerprint density at radius 2 is 1.72 bits per heavy atom. The average Bonchev–Trinajstić information content (AvgIpc) is 3.26. The second-order valence-electron chi connectivity index (χ2n) is 15.0. The zero-order valence-corrected chi connectivity index (χ0v) is 25.1. The summed E-state index contributed by atoms with van der Waals surface area (Å²) in [7, 11) is 0. The Hall–Kier alpha value is -0.500. The van der Waals surface area contributed by atoms with Crippen molar-refractivity contribution in [1.29, 1.82) is 0 Å². The van der Waals surface area contributed by atoms with Crippen LogP contribution < -0.4 is 0 Å². The zero-order chi connectivity index (χ0) is 28.1. The molecular formula is C33H56O6. The normalized spacial score (nSPS) is 48.7. The van der Waals surface area contributed by atoms with Gasteiger partial charge in [-0.3, -0.25) is 0 Å². The fourth-order valence-electron chi connectivity index (χ4n) is 10.1. The number of rotatable bonds is 8. The molecule has 1 saturated heterocycles. The van der Waals surface area contributed by atoms with Crippen molar-refractivity contribution < 1.29 is 29.9 Å². The van der Waals surface area contributed by atoms with E-state index in [-0.39, 0.29) is 11.5 Å². The molecule has 0 aromatic rings. The Kier molecular flexibility index (Phi) is 8.95. The molecule has 0 radical (unpaired) electrons. The van der Waals surface area contributed by atoms with Gasteiger partial charge in [0, 0.05) is 0 Å². The lowest BCUT2D eigenvalue weighted by Crippen LogP contribution is -2.60. The SMILES string of the molecule is CC(C)CCC[C@@H](C)[C@H]1CC[C@H]2[C@@H]3CC=C4C[C@@H](O[C@H]5O[C@H](CO)[C@H](O)[C@H](O)[C@H]5O)CC[C@]4(C)[C@H]3CC[C@]12C. The van der Waals surface area contributed by atoms with Gasteiger partial charge in [-0.2, -0.15) is 0 Å². The molecule has 4 aliphatic carbocycles. The highest BCUT2D eigenvalue weighted by molar-refractivity contribution is 5.25. The van der Waals surface area contributed by atoms with Crippen LogP contribution in [0.15, 0.2) is 11.6 Å². The minimum Gasteiger partial charge on any atom is -0.394 e. The third-order valence-corrected chi connectivity index (χ3v) is 12.4. The molecule has 5 rings (SSSR count). The van der Waals surface area contributed by atoms with Gasteiger partial charge in [0.25, 0.3) is 0 Å². The maximum absolute atomic E-state index is 10.5. The van der Waals surface area contributed by atoms with E-state index in [1.54, 1.807) is 0 Å². The van der Waals surface area contributed by atoms with E-state index < -0.39 is 37.3 Å². The lowest BCUT2D eigenvalue weighted by molar-refractivity contribution is -0.313. The third kappa shape index (κ3) is 5.41. The molecule has 5 aliphatic rings. The van der Waals surface area contributed by atoms with E-state index in [0.29, 0.717) is 5.41 Å². The Labute approximate surface area is 236 Å². The number of aliphatic hydroxyl groups is 4. The van der Waals surface area contributed by atoms with Gasteiger partial charge in [0.15, 0.2) is 6.29 Å². The van der Waals surface area contributed by atoms with Crippen molar-refractivity contribution >= 4 is 0 Å². The van der Waals surface area contributed by atoms with E-state index in [4.69, 9.17) is 9.47 Å². The van der Waals surface area contributed by atoms with E-state index in [1.165, 1.54) is 56.9 Å². The molecule has 4 N–H and O–H groups in total. The van der Waals surface area contributed by atoms with Crippen LogP contribution in [0, 0.1) is 46.3 Å². The van der Waals surface area contributed by atoms with E-state index in [0.717, 1.165) is 54.8 Å². The van der Waals surface area contributed by atoms with Gasteiger partial charge < -0.3 is 29.9 Å². The summed E-state index contributed by atoms with van der Waals surface area (Å²) in [5.74, 6) is 4.87. The predicted molar refractivity (Wildman–Crippen MR) is 152 cm³/mol. The van der Waals surface area contributed by atoms with Crippen LogP contribution in [0.4, 0.5) is 0 Å². The quantitative estimate of drug-likeness (QED) is 0.311. The molecule has 1 heterocycles. The number of aliphatic hydroxyl groups excluding tert-OH is 4. The molecule has 0 amide bonds. The van der Waals surface area contributed by atoms with Crippen LogP contribution in [0.2, 0.25) is 0 Å². The van der Waals surface area contributed by atoms with Crippen LogP contribution in [-0.2, 0) is 9.47 Å². The molecule has 6 heteroatoms. The molecule has 4 fully saturated rings. The fraction of sp³-hybridized carbons (Fsp3) is 0.939. The van der Waals surface area contributed by atoms with Gasteiger partial charge in [0.2, 0.25) is 0 Å². The highest BCUT2D eigenvalue weighted by Crippen LogP contribution is 2.67. The summed E-state index contributed by atoms with van der Waals surface area (Å²) in [6, 6.07) is 0. The molecule has 3 saturated carbocycles. The molecular weight excluding hydrogens is 492 g/mol. The molecule has 0 aromatic carbocycles. The minimum absolute atomic E-state index is 0.0984. The van der Waals surface area contributed by atoms with Crippen molar-refractivity contribution in [3.8, 4) is 0 Å². The summed E-state index contributed by atoms with van der Waals surface area (Å²) in [6.45, 7) is 12.0. The zero-order valence-electron chi connectivity index (χ0n) is 25.1. The van der Waals surface area contributed by atoms with E-state index >= 15 is 0 Å². The second kappa shape index (κ2) is 11.6. The van der Waals surface area contributed by atoms with Gasteiger partial charge >= 0.3 is 0 Å². The second-order valence-corrected chi connectivity index (χ2v) is 15.0. The largest absolute Gasteiger partial charge is 0.394 e. The van der Waals surface area contributed by atoms with Crippen LogP contribution in [0.1, 0.15) is 105 Å². The standard InChI is InChI=1S/C33H56O6/c1-19(2)7-6-8-20(3)24-11-12-25-23-10-9-21-17-22(13-15-32(21,4)26(23)14-16-33(24,25)5)38-31-30(37)29(36)28(35)27(18-34)39-31/h9,19-20,22-31,34-37H,6-8,10-18H2,1-5H3/t20-,22+,23+,24-,25+,26+,27-,28+,29+,30-,31+,32+,33-/m1/s1. The lowest BCUT2D eigenvalue weighted by atomic mass is 9.47. The topological polar surface area (TPSA) is 99.4 Å². The average molecular weight is 549 g/mol. The van der Waals surface area contributed by atoms with Gasteiger partial charge in [0.05, 0.1) is 12.7 Å². The third-order valence-electron chi connectivity index (χ3n) is 12.4. The Morgan fingerprint density at radius 3 is 2.44 bits per heavy atom. The van der Waals surface area contributed by atoms with Crippen LogP contribution in [0.5, 0.6) is 0 Å². The maximum atomic E-state index is 10.5. The summed E-state index contributed by atoms with van der Waals surface area (Å²) < 4.78 is 11.9. The predicted octanol–water partition coefficient (Wildman–Crippen LogP) is 5.21. The van der Waals surface area contributed by atoms with Gasteiger partial charge in [0.1, 0.15) is 24.4 Å². The van der Waals surface area contributed by atoms with Crippen LogP contribution in [0.3, 0.4) is 0 Å². The minimum atomic E-state index is -1.39. The summed E-state index contributed by atoms with van der Waals surface area (Å²) >= 11 is 0. The molecule has 1 aliphatic heterocycles. The molecule has 39 heavy (non-hydrogen) atoms. The van der Waals surface area contributed by atoms with Gasteiger partial charge in [-0.15, -0.1) is 0 Å². The van der Waals surface area contributed by atoms with Crippen molar-refractivity contribution in [3.05, 3.63) is 11.6 Å². The van der Waals surface area contributed by atoms with Gasteiger partial charge in [-0.05, 0) is 97.7 Å². The highest BCUT2D eigenvalue weighted by atomic mass is 16.7. The number of hydrogen-bond acceptors (Lipinski definition) is 6. The molecule has 0 bridgehead atoms. The van der Waals surface area contributed by atoms with E-state index in [1.807, 2.05) is 0 Å². The van der Waals surface area contributed by atoms with Crippen molar-refractivity contribution in [2.75, 3.05) is 6.61 Å². The van der Waals surface area contributed by atoms with E-state index in [9.17, 15) is 20.4 Å².